The molecule has 140 valence electrons. The summed E-state index contributed by atoms with van der Waals surface area (Å²) in [5.41, 5.74) is 4.17. The van der Waals surface area contributed by atoms with Gasteiger partial charge in [0.05, 0.1) is 7.11 Å². The van der Waals surface area contributed by atoms with Gasteiger partial charge in [0.1, 0.15) is 12.4 Å². The first-order chi connectivity index (χ1) is 13.0. The van der Waals surface area contributed by atoms with E-state index in [1.54, 1.807) is 19.2 Å². The summed E-state index contributed by atoms with van der Waals surface area (Å²) in [5, 5.41) is 3.27. The number of hydrogen-bond acceptors (Lipinski definition) is 3. The molecular weight excluding hydrogens is 409 g/mol. The van der Waals surface area contributed by atoms with Gasteiger partial charge in [-0.25, -0.2) is 4.39 Å². The van der Waals surface area contributed by atoms with Crippen molar-refractivity contribution in [2.24, 2.45) is 0 Å². The molecule has 0 saturated heterocycles. The maximum Gasteiger partial charge on any atom is 0.162 e. The van der Waals surface area contributed by atoms with Crippen LogP contribution in [0.4, 0.5) is 10.1 Å². The second-order valence-corrected chi connectivity index (χ2v) is 7.09. The first-order valence-corrected chi connectivity index (χ1v) is 9.38. The summed E-state index contributed by atoms with van der Waals surface area (Å²) in [6, 6.07) is 18.3. The van der Waals surface area contributed by atoms with Crippen LogP contribution in [0.2, 0.25) is 0 Å². The molecule has 0 aliphatic heterocycles. The lowest BCUT2D eigenvalue weighted by Gasteiger charge is -2.15. The normalized spacial score (nSPS) is 10.5. The Labute approximate surface area is 167 Å². The minimum absolute atomic E-state index is 0.251. The fourth-order valence-corrected chi connectivity index (χ4v) is 3.18. The standard InChI is InChI=1S/C22H21BrFNO2/c1-15-4-3-5-16(10-15)14-27-22-12-20(23)17(11-21(22)26-2)13-25-19-8-6-18(24)7-9-19/h3-12,25H,13-14H2,1-2H3. The molecule has 0 aliphatic rings. The van der Waals surface area contributed by atoms with Crippen molar-refractivity contribution < 1.29 is 13.9 Å². The zero-order valence-electron chi connectivity index (χ0n) is 15.3. The Morgan fingerprint density at radius 1 is 1.00 bits per heavy atom. The highest BCUT2D eigenvalue weighted by Crippen LogP contribution is 2.34. The summed E-state index contributed by atoms with van der Waals surface area (Å²) < 4.78 is 25.4. The average molecular weight is 430 g/mol. The van der Waals surface area contributed by atoms with Crippen LogP contribution in [0.5, 0.6) is 11.5 Å². The lowest BCUT2D eigenvalue weighted by Crippen LogP contribution is -2.03. The third-order valence-electron chi connectivity index (χ3n) is 4.14. The monoisotopic (exact) mass is 429 g/mol. The molecule has 0 saturated carbocycles. The molecule has 0 amide bonds. The molecule has 0 aromatic heterocycles. The van der Waals surface area contributed by atoms with Crippen molar-refractivity contribution in [3.8, 4) is 11.5 Å². The summed E-state index contributed by atoms with van der Waals surface area (Å²) >= 11 is 3.60. The van der Waals surface area contributed by atoms with E-state index in [-0.39, 0.29) is 5.82 Å². The van der Waals surface area contributed by atoms with E-state index in [9.17, 15) is 4.39 Å². The number of hydrogen-bond donors (Lipinski definition) is 1. The highest BCUT2D eigenvalue weighted by molar-refractivity contribution is 9.10. The first kappa shape index (κ1) is 19.2. The number of aryl methyl sites for hydroxylation is 1. The largest absolute Gasteiger partial charge is 0.493 e. The lowest BCUT2D eigenvalue weighted by molar-refractivity contribution is 0.284. The predicted octanol–water partition coefficient (Wildman–Crippen LogP) is 6.10. The molecule has 0 unspecified atom stereocenters. The molecule has 0 radical (unpaired) electrons. The maximum absolute atomic E-state index is 13.0. The zero-order valence-corrected chi connectivity index (χ0v) is 16.8. The molecule has 3 nitrogen and oxygen atoms in total. The third-order valence-corrected chi connectivity index (χ3v) is 4.87. The summed E-state index contributed by atoms with van der Waals surface area (Å²) in [6.07, 6.45) is 0. The van der Waals surface area contributed by atoms with Gasteiger partial charge in [0, 0.05) is 16.7 Å². The molecular formula is C22H21BrFNO2. The summed E-state index contributed by atoms with van der Waals surface area (Å²) in [6.45, 7) is 3.10. The molecule has 0 spiro atoms. The Bertz CT molecular complexity index is 913. The van der Waals surface area contributed by atoms with Gasteiger partial charge in [-0.05, 0) is 54.4 Å². The van der Waals surface area contributed by atoms with Crippen molar-refractivity contribution in [1.29, 1.82) is 0 Å². The van der Waals surface area contributed by atoms with E-state index >= 15 is 0 Å². The smallest absolute Gasteiger partial charge is 0.162 e. The molecule has 0 bridgehead atoms. The van der Waals surface area contributed by atoms with Crippen molar-refractivity contribution >= 4 is 21.6 Å². The van der Waals surface area contributed by atoms with Crippen LogP contribution in [0.15, 0.2) is 65.1 Å². The number of rotatable bonds is 7. The van der Waals surface area contributed by atoms with Crippen molar-refractivity contribution in [1.82, 2.24) is 0 Å². The fraction of sp³-hybridized carbons (Fsp3) is 0.182. The molecule has 3 aromatic carbocycles. The molecule has 0 aliphatic carbocycles. The first-order valence-electron chi connectivity index (χ1n) is 8.59. The minimum Gasteiger partial charge on any atom is -0.493 e. The van der Waals surface area contributed by atoms with Crippen molar-refractivity contribution in [3.63, 3.8) is 0 Å². The fourth-order valence-electron chi connectivity index (χ4n) is 2.71. The Balaban J connectivity index is 1.71. The molecule has 0 heterocycles. The van der Waals surface area contributed by atoms with Crippen LogP contribution >= 0.6 is 15.9 Å². The van der Waals surface area contributed by atoms with Crippen molar-refractivity contribution in [2.45, 2.75) is 20.1 Å². The SMILES string of the molecule is COc1cc(CNc2ccc(F)cc2)c(Br)cc1OCc1cccc(C)c1. The molecule has 3 aromatic rings. The molecule has 5 heteroatoms. The molecule has 27 heavy (non-hydrogen) atoms. The van der Waals surface area contributed by atoms with Crippen LogP contribution in [0.1, 0.15) is 16.7 Å². The van der Waals surface area contributed by atoms with Gasteiger partial charge in [0.2, 0.25) is 0 Å². The van der Waals surface area contributed by atoms with Gasteiger partial charge in [0.15, 0.2) is 11.5 Å². The minimum atomic E-state index is -0.251. The maximum atomic E-state index is 13.0. The Hall–Kier alpha value is -2.53. The Morgan fingerprint density at radius 2 is 1.78 bits per heavy atom. The molecule has 0 fully saturated rings. The topological polar surface area (TPSA) is 30.5 Å². The van der Waals surface area contributed by atoms with Crippen LogP contribution in [0, 0.1) is 12.7 Å². The van der Waals surface area contributed by atoms with Crippen LogP contribution in [0.3, 0.4) is 0 Å². The second-order valence-electron chi connectivity index (χ2n) is 6.23. The number of ether oxygens (including phenoxy) is 2. The van der Waals surface area contributed by atoms with Crippen molar-refractivity contribution in [2.75, 3.05) is 12.4 Å². The van der Waals surface area contributed by atoms with Gasteiger partial charge >= 0.3 is 0 Å². The third kappa shape index (κ3) is 5.23. The van der Waals surface area contributed by atoms with E-state index in [0.717, 1.165) is 21.3 Å². The zero-order chi connectivity index (χ0) is 19.2. The van der Waals surface area contributed by atoms with Crippen LogP contribution < -0.4 is 14.8 Å². The Kier molecular flexibility index (Phi) is 6.35. The molecule has 1 N–H and O–H groups in total. The van der Waals surface area contributed by atoms with E-state index in [0.29, 0.717) is 24.7 Å². The number of halogens is 2. The highest BCUT2D eigenvalue weighted by atomic mass is 79.9. The number of nitrogens with one attached hydrogen (secondary N) is 1. The highest BCUT2D eigenvalue weighted by Gasteiger charge is 2.11. The van der Waals surface area contributed by atoms with E-state index < -0.39 is 0 Å². The van der Waals surface area contributed by atoms with Gasteiger partial charge in [-0.15, -0.1) is 0 Å². The summed E-state index contributed by atoms with van der Waals surface area (Å²) in [4.78, 5) is 0. The predicted molar refractivity (Wildman–Crippen MR) is 110 cm³/mol. The quantitative estimate of drug-likeness (QED) is 0.492. The second kappa shape index (κ2) is 8.91. The number of methoxy groups -OCH3 is 1. The number of anilines is 1. The average Bonchev–Trinajstić information content (AvgIpc) is 2.67. The van der Waals surface area contributed by atoms with Crippen LogP contribution in [-0.2, 0) is 13.2 Å². The van der Waals surface area contributed by atoms with Crippen LogP contribution in [-0.4, -0.2) is 7.11 Å². The Morgan fingerprint density at radius 3 is 2.48 bits per heavy atom. The van der Waals surface area contributed by atoms with Gasteiger partial charge < -0.3 is 14.8 Å². The lowest BCUT2D eigenvalue weighted by atomic mass is 10.1. The van der Waals surface area contributed by atoms with Gasteiger partial charge in [-0.1, -0.05) is 45.8 Å². The van der Waals surface area contributed by atoms with Gasteiger partial charge in [-0.3, -0.25) is 0 Å². The molecule has 0 atom stereocenters. The molecule has 3 rings (SSSR count). The van der Waals surface area contributed by atoms with Gasteiger partial charge in [0.25, 0.3) is 0 Å². The summed E-state index contributed by atoms with van der Waals surface area (Å²) in [5.74, 6) is 1.09. The van der Waals surface area contributed by atoms with E-state index in [1.807, 2.05) is 24.3 Å². The van der Waals surface area contributed by atoms with E-state index in [4.69, 9.17) is 9.47 Å². The van der Waals surface area contributed by atoms with E-state index in [2.05, 4.69) is 40.3 Å². The van der Waals surface area contributed by atoms with Crippen LogP contribution in [0.25, 0.3) is 0 Å². The van der Waals surface area contributed by atoms with Gasteiger partial charge in [-0.2, -0.15) is 0 Å². The summed E-state index contributed by atoms with van der Waals surface area (Å²) in [7, 11) is 1.62. The van der Waals surface area contributed by atoms with Crippen molar-refractivity contribution in [3.05, 3.63) is 87.6 Å². The number of benzene rings is 3. The van der Waals surface area contributed by atoms with E-state index in [1.165, 1.54) is 17.7 Å².